The lowest BCUT2D eigenvalue weighted by atomic mass is 9.97. The first-order valence-corrected chi connectivity index (χ1v) is 4.87. The van der Waals surface area contributed by atoms with Gasteiger partial charge >= 0.3 is 0 Å². The van der Waals surface area contributed by atoms with E-state index in [1.54, 1.807) is 6.92 Å². The Hall–Kier alpha value is 0.410. The molecule has 2 aliphatic rings. The molecule has 0 amide bonds. The number of halogens is 2. The second kappa shape index (κ2) is 1.96. The van der Waals surface area contributed by atoms with E-state index in [-0.39, 0.29) is 0 Å². The van der Waals surface area contributed by atoms with Gasteiger partial charge in [0.15, 0.2) is 0 Å². The summed E-state index contributed by atoms with van der Waals surface area (Å²) in [6, 6.07) is 0. The maximum atomic E-state index is 13.7. The second-order valence-corrected chi connectivity index (χ2v) is 4.96. The van der Waals surface area contributed by atoms with Crippen LogP contribution in [0.15, 0.2) is 0 Å². The van der Waals surface area contributed by atoms with Gasteiger partial charge < -0.3 is 0 Å². The zero-order chi connectivity index (χ0) is 7.35. The minimum Gasteiger partial charge on any atom is -0.244 e. The Morgan fingerprint density at radius 1 is 1.50 bits per heavy atom. The van der Waals surface area contributed by atoms with Gasteiger partial charge in [0.2, 0.25) is 0 Å². The Morgan fingerprint density at radius 2 is 2.20 bits per heavy atom. The van der Waals surface area contributed by atoms with Gasteiger partial charge in [-0.05, 0) is 32.1 Å². The minimum atomic E-state index is -0.853. The van der Waals surface area contributed by atoms with Crippen molar-refractivity contribution in [2.75, 3.05) is 0 Å². The minimum absolute atomic E-state index is 0.303. The Morgan fingerprint density at radius 3 is 2.40 bits per heavy atom. The zero-order valence-electron chi connectivity index (χ0n) is 6.11. The van der Waals surface area contributed by atoms with Crippen molar-refractivity contribution >= 4 is 15.9 Å². The summed E-state index contributed by atoms with van der Waals surface area (Å²) < 4.78 is 13.7. The number of hydrogen-bond donors (Lipinski definition) is 0. The molecule has 0 heterocycles. The average molecular weight is 207 g/mol. The van der Waals surface area contributed by atoms with Crippen molar-refractivity contribution in [3.8, 4) is 0 Å². The summed E-state index contributed by atoms with van der Waals surface area (Å²) >= 11 is 3.53. The summed E-state index contributed by atoms with van der Waals surface area (Å²) in [7, 11) is 0. The van der Waals surface area contributed by atoms with Gasteiger partial charge in [0.25, 0.3) is 0 Å². The van der Waals surface area contributed by atoms with E-state index in [2.05, 4.69) is 15.9 Å². The summed E-state index contributed by atoms with van der Waals surface area (Å²) in [4.78, 5) is 0.459. The van der Waals surface area contributed by atoms with E-state index in [0.29, 0.717) is 16.7 Å². The molecule has 0 radical (unpaired) electrons. The highest BCUT2D eigenvalue weighted by Gasteiger charge is 2.56. The van der Waals surface area contributed by atoms with Crippen LogP contribution in [-0.4, -0.2) is 10.5 Å². The van der Waals surface area contributed by atoms with Crippen molar-refractivity contribution in [2.45, 2.75) is 36.7 Å². The lowest BCUT2D eigenvalue weighted by molar-refractivity contribution is 0.128. The first kappa shape index (κ1) is 7.08. The fourth-order valence-corrected chi connectivity index (χ4v) is 3.80. The molecule has 2 saturated carbocycles. The molecule has 4 atom stereocenters. The highest BCUT2D eigenvalue weighted by Crippen LogP contribution is 2.56. The van der Waals surface area contributed by atoms with Crippen LogP contribution in [0, 0.1) is 11.8 Å². The Bertz CT molecular complexity index is 155. The molecule has 0 saturated heterocycles. The van der Waals surface area contributed by atoms with Crippen LogP contribution >= 0.6 is 15.9 Å². The Labute approximate surface area is 69.3 Å². The van der Waals surface area contributed by atoms with Crippen molar-refractivity contribution in [1.29, 1.82) is 0 Å². The molecular weight excluding hydrogens is 195 g/mol. The summed E-state index contributed by atoms with van der Waals surface area (Å²) in [6.45, 7) is 1.77. The van der Waals surface area contributed by atoms with Crippen molar-refractivity contribution in [1.82, 2.24) is 0 Å². The van der Waals surface area contributed by atoms with Crippen molar-refractivity contribution < 1.29 is 4.39 Å². The molecule has 2 aliphatic carbocycles. The van der Waals surface area contributed by atoms with Gasteiger partial charge in [-0.1, -0.05) is 15.9 Å². The maximum absolute atomic E-state index is 13.7. The molecule has 2 unspecified atom stereocenters. The lowest BCUT2D eigenvalue weighted by Gasteiger charge is -2.19. The predicted octanol–water partition coefficient (Wildman–Crippen LogP) is 2.91. The van der Waals surface area contributed by atoms with E-state index in [1.807, 2.05) is 0 Å². The molecule has 0 aromatic heterocycles. The van der Waals surface area contributed by atoms with E-state index in [1.165, 1.54) is 0 Å². The van der Waals surface area contributed by atoms with Gasteiger partial charge in [-0.2, -0.15) is 0 Å². The molecule has 58 valence electrons. The number of hydrogen-bond acceptors (Lipinski definition) is 0. The van der Waals surface area contributed by atoms with E-state index < -0.39 is 5.67 Å². The van der Waals surface area contributed by atoms with Crippen LogP contribution in [0.5, 0.6) is 0 Å². The van der Waals surface area contributed by atoms with Crippen LogP contribution in [0.1, 0.15) is 26.2 Å². The molecule has 0 N–H and O–H groups in total. The SMILES string of the molecule is C[C@]1(F)C2CCC1[C@H](Br)C2. The van der Waals surface area contributed by atoms with Crippen molar-refractivity contribution in [2.24, 2.45) is 11.8 Å². The summed E-state index contributed by atoms with van der Waals surface area (Å²) in [5.41, 5.74) is -0.853. The van der Waals surface area contributed by atoms with Gasteiger partial charge in [-0.3, -0.25) is 0 Å². The topological polar surface area (TPSA) is 0 Å². The first-order chi connectivity index (χ1) is 4.62. The number of fused-ring (bicyclic) bond motifs is 2. The molecular formula is C8H12BrF. The molecule has 0 nitrogen and oxygen atoms in total. The molecule has 2 rings (SSSR count). The predicted molar refractivity (Wildman–Crippen MR) is 43.1 cm³/mol. The summed E-state index contributed by atoms with van der Waals surface area (Å²) in [5.74, 6) is 0.652. The third-order valence-corrected chi connectivity index (χ3v) is 4.31. The van der Waals surface area contributed by atoms with Gasteiger partial charge in [-0.25, -0.2) is 4.39 Å². The smallest absolute Gasteiger partial charge is 0.115 e. The van der Waals surface area contributed by atoms with Crippen LogP contribution in [0.4, 0.5) is 4.39 Å². The van der Waals surface area contributed by atoms with Crippen LogP contribution in [0.3, 0.4) is 0 Å². The number of rotatable bonds is 0. The Balaban J connectivity index is 2.27. The second-order valence-electron chi connectivity index (χ2n) is 3.78. The molecule has 2 fully saturated rings. The van der Waals surface area contributed by atoms with E-state index in [0.717, 1.165) is 19.3 Å². The molecule has 0 aromatic carbocycles. The molecule has 0 aromatic rings. The highest BCUT2D eigenvalue weighted by atomic mass is 79.9. The summed E-state index contributed by atoms with van der Waals surface area (Å²) in [6.07, 6.45) is 3.25. The lowest BCUT2D eigenvalue weighted by Crippen LogP contribution is -2.25. The van der Waals surface area contributed by atoms with E-state index >= 15 is 0 Å². The van der Waals surface area contributed by atoms with E-state index in [4.69, 9.17) is 0 Å². The molecule has 0 aliphatic heterocycles. The molecule has 2 bridgehead atoms. The van der Waals surface area contributed by atoms with E-state index in [9.17, 15) is 4.39 Å². The monoisotopic (exact) mass is 206 g/mol. The molecule has 2 heteroatoms. The van der Waals surface area contributed by atoms with Gasteiger partial charge in [0.1, 0.15) is 5.67 Å². The quantitative estimate of drug-likeness (QED) is 0.535. The fraction of sp³-hybridized carbons (Fsp3) is 1.00. The highest BCUT2D eigenvalue weighted by molar-refractivity contribution is 9.09. The normalized spacial score (nSPS) is 59.7. The fourth-order valence-electron chi connectivity index (χ4n) is 2.57. The summed E-state index contributed by atoms with van der Waals surface area (Å²) in [5, 5.41) is 0. The van der Waals surface area contributed by atoms with Crippen LogP contribution < -0.4 is 0 Å². The first-order valence-electron chi connectivity index (χ1n) is 3.95. The van der Waals surface area contributed by atoms with Gasteiger partial charge in [-0.15, -0.1) is 0 Å². The molecule has 0 spiro atoms. The van der Waals surface area contributed by atoms with Crippen LogP contribution in [0.2, 0.25) is 0 Å². The maximum Gasteiger partial charge on any atom is 0.115 e. The number of alkyl halides is 2. The van der Waals surface area contributed by atoms with Gasteiger partial charge in [0, 0.05) is 10.7 Å². The molecule has 10 heavy (non-hydrogen) atoms. The van der Waals surface area contributed by atoms with Crippen LogP contribution in [0.25, 0.3) is 0 Å². The average Bonchev–Trinajstić information content (AvgIpc) is 2.20. The van der Waals surface area contributed by atoms with Gasteiger partial charge in [0.05, 0.1) is 0 Å². The van der Waals surface area contributed by atoms with Crippen molar-refractivity contribution in [3.05, 3.63) is 0 Å². The Kier molecular flexibility index (Phi) is 1.39. The van der Waals surface area contributed by atoms with Crippen LogP contribution in [-0.2, 0) is 0 Å². The van der Waals surface area contributed by atoms with Crippen molar-refractivity contribution in [3.63, 3.8) is 0 Å². The third-order valence-electron chi connectivity index (χ3n) is 3.30. The standard InChI is InChI=1S/C8H12BrF/c1-8(10)5-2-3-6(8)7(9)4-5/h5-7H,2-4H2,1H3/t5?,6?,7-,8+/m1/s1. The third kappa shape index (κ3) is 0.715. The zero-order valence-corrected chi connectivity index (χ0v) is 7.70. The largest absolute Gasteiger partial charge is 0.244 e.